The number of hydrogen-bond donors (Lipinski definition) is 1. The Hall–Kier alpha value is -1.27. The molecule has 18 heavy (non-hydrogen) atoms. The molecule has 0 bridgehead atoms. The summed E-state index contributed by atoms with van der Waals surface area (Å²) in [5, 5.41) is 4.47. The van der Waals surface area contributed by atoms with Gasteiger partial charge in [-0.05, 0) is 31.8 Å². The summed E-state index contributed by atoms with van der Waals surface area (Å²) in [5.74, 6) is 1.45. The SMILES string of the molecule is Cc1nsc2ncnc(NCC3CCOC3C)c12. The standard InChI is InChI=1S/C12H16N4OS/c1-7-10-11(14-6-15-12(10)18-16-7)13-5-9-3-4-17-8(9)2/h6,8-9H,3-5H2,1-2H3,(H,13,14,15). The molecule has 0 amide bonds. The highest BCUT2D eigenvalue weighted by Gasteiger charge is 2.24. The van der Waals surface area contributed by atoms with E-state index in [0.29, 0.717) is 12.0 Å². The van der Waals surface area contributed by atoms with Crippen LogP contribution in [0.1, 0.15) is 19.0 Å². The molecule has 0 saturated carbocycles. The van der Waals surface area contributed by atoms with E-state index < -0.39 is 0 Å². The third kappa shape index (κ3) is 2.06. The maximum Gasteiger partial charge on any atom is 0.149 e. The topological polar surface area (TPSA) is 59.9 Å². The number of aromatic nitrogens is 3. The van der Waals surface area contributed by atoms with Gasteiger partial charge >= 0.3 is 0 Å². The van der Waals surface area contributed by atoms with Crippen LogP contribution in [0, 0.1) is 12.8 Å². The lowest BCUT2D eigenvalue weighted by molar-refractivity contribution is 0.108. The molecule has 0 radical (unpaired) electrons. The molecule has 3 rings (SSSR count). The van der Waals surface area contributed by atoms with Gasteiger partial charge in [-0.2, -0.15) is 4.37 Å². The minimum atomic E-state index is 0.330. The zero-order valence-corrected chi connectivity index (χ0v) is 11.3. The maximum absolute atomic E-state index is 5.57. The summed E-state index contributed by atoms with van der Waals surface area (Å²) in [4.78, 5) is 9.51. The molecule has 1 aliphatic rings. The lowest BCUT2D eigenvalue weighted by Gasteiger charge is -2.15. The average Bonchev–Trinajstić information content (AvgIpc) is 2.94. The molecular weight excluding hydrogens is 248 g/mol. The molecule has 1 saturated heterocycles. The van der Waals surface area contributed by atoms with Crippen LogP contribution in [-0.2, 0) is 4.74 Å². The molecule has 2 atom stereocenters. The lowest BCUT2D eigenvalue weighted by Crippen LogP contribution is -2.21. The molecule has 1 fully saturated rings. The Balaban J connectivity index is 1.80. The molecule has 2 aromatic heterocycles. The van der Waals surface area contributed by atoms with E-state index in [9.17, 15) is 0 Å². The van der Waals surface area contributed by atoms with Gasteiger partial charge in [-0.3, -0.25) is 0 Å². The molecule has 0 aromatic carbocycles. The van der Waals surface area contributed by atoms with Gasteiger partial charge in [-0.1, -0.05) is 0 Å². The fourth-order valence-corrected chi connectivity index (χ4v) is 3.07. The van der Waals surface area contributed by atoms with Crippen LogP contribution in [-0.4, -0.2) is 33.6 Å². The number of nitrogens with zero attached hydrogens (tertiary/aromatic N) is 3. The van der Waals surface area contributed by atoms with Crippen molar-refractivity contribution in [1.29, 1.82) is 0 Å². The molecule has 2 unspecified atom stereocenters. The lowest BCUT2D eigenvalue weighted by atomic mass is 10.0. The Morgan fingerprint density at radius 1 is 1.50 bits per heavy atom. The van der Waals surface area contributed by atoms with Gasteiger partial charge in [0, 0.05) is 19.1 Å². The quantitative estimate of drug-likeness (QED) is 0.921. The van der Waals surface area contributed by atoms with Crippen molar-refractivity contribution in [2.75, 3.05) is 18.5 Å². The minimum Gasteiger partial charge on any atom is -0.378 e. The summed E-state index contributed by atoms with van der Waals surface area (Å²) in [6, 6.07) is 0. The molecule has 0 spiro atoms. The fraction of sp³-hybridized carbons (Fsp3) is 0.583. The third-order valence-electron chi connectivity index (χ3n) is 3.51. The third-order valence-corrected chi connectivity index (χ3v) is 4.36. The van der Waals surface area contributed by atoms with Crippen molar-refractivity contribution in [3.63, 3.8) is 0 Å². The predicted octanol–water partition coefficient (Wildman–Crippen LogP) is 2.23. The molecule has 3 heterocycles. The van der Waals surface area contributed by atoms with Crippen LogP contribution < -0.4 is 5.32 Å². The van der Waals surface area contributed by atoms with Crippen molar-refractivity contribution in [2.45, 2.75) is 26.4 Å². The highest BCUT2D eigenvalue weighted by molar-refractivity contribution is 7.13. The summed E-state index contributed by atoms with van der Waals surface area (Å²) >= 11 is 1.42. The molecule has 1 N–H and O–H groups in total. The zero-order chi connectivity index (χ0) is 12.5. The molecule has 6 heteroatoms. The number of ether oxygens (including phenoxy) is 1. The normalized spacial score (nSPS) is 23.7. The molecule has 5 nitrogen and oxygen atoms in total. The Bertz CT molecular complexity index is 556. The van der Waals surface area contributed by atoms with E-state index in [0.717, 1.165) is 41.3 Å². The first-order valence-corrected chi connectivity index (χ1v) is 6.95. The van der Waals surface area contributed by atoms with Crippen LogP contribution in [0.3, 0.4) is 0 Å². The maximum atomic E-state index is 5.57. The highest BCUT2D eigenvalue weighted by Crippen LogP contribution is 2.27. The van der Waals surface area contributed by atoms with E-state index in [1.165, 1.54) is 11.5 Å². The molecular formula is C12H16N4OS. The number of rotatable bonds is 3. The second-order valence-corrected chi connectivity index (χ2v) is 5.43. The van der Waals surface area contributed by atoms with E-state index in [1.54, 1.807) is 6.33 Å². The van der Waals surface area contributed by atoms with Gasteiger partial charge in [0.05, 0.1) is 17.2 Å². The summed E-state index contributed by atoms with van der Waals surface area (Å²) in [7, 11) is 0. The first-order valence-electron chi connectivity index (χ1n) is 6.18. The predicted molar refractivity (Wildman–Crippen MR) is 72.0 cm³/mol. The van der Waals surface area contributed by atoms with Gasteiger partial charge in [0.1, 0.15) is 17.0 Å². The van der Waals surface area contributed by atoms with E-state index >= 15 is 0 Å². The largest absolute Gasteiger partial charge is 0.378 e. The molecule has 0 aliphatic carbocycles. The highest BCUT2D eigenvalue weighted by atomic mass is 32.1. The first-order chi connectivity index (χ1) is 8.75. The van der Waals surface area contributed by atoms with Crippen LogP contribution in [0.5, 0.6) is 0 Å². The monoisotopic (exact) mass is 264 g/mol. The fourth-order valence-electron chi connectivity index (χ4n) is 2.33. The zero-order valence-electron chi connectivity index (χ0n) is 10.5. The first kappa shape index (κ1) is 11.8. The Morgan fingerprint density at radius 2 is 2.39 bits per heavy atom. The van der Waals surface area contributed by atoms with E-state index in [4.69, 9.17) is 4.74 Å². The van der Waals surface area contributed by atoms with E-state index in [1.807, 2.05) is 6.92 Å². The molecule has 2 aromatic rings. The average molecular weight is 264 g/mol. The van der Waals surface area contributed by atoms with Crippen LogP contribution in [0.15, 0.2) is 6.33 Å². The van der Waals surface area contributed by atoms with Gasteiger partial charge in [0.2, 0.25) is 0 Å². The number of aryl methyl sites for hydroxylation is 1. The Kier molecular flexibility index (Phi) is 3.13. The summed E-state index contributed by atoms with van der Waals surface area (Å²) < 4.78 is 9.89. The van der Waals surface area contributed by atoms with E-state index in [2.05, 4.69) is 26.6 Å². The summed E-state index contributed by atoms with van der Waals surface area (Å²) in [5.41, 5.74) is 0.994. The van der Waals surface area contributed by atoms with Gasteiger partial charge in [-0.25, -0.2) is 9.97 Å². The van der Waals surface area contributed by atoms with Gasteiger partial charge in [0.15, 0.2) is 0 Å². The van der Waals surface area contributed by atoms with Crippen LogP contribution in [0.2, 0.25) is 0 Å². The minimum absolute atomic E-state index is 0.330. The molecule has 96 valence electrons. The number of nitrogens with one attached hydrogen (secondary N) is 1. The van der Waals surface area contributed by atoms with Crippen LogP contribution in [0.4, 0.5) is 5.82 Å². The van der Waals surface area contributed by atoms with Gasteiger partial charge in [-0.15, -0.1) is 0 Å². The smallest absolute Gasteiger partial charge is 0.149 e. The second kappa shape index (κ2) is 4.78. The Morgan fingerprint density at radius 3 is 3.17 bits per heavy atom. The van der Waals surface area contributed by atoms with E-state index in [-0.39, 0.29) is 0 Å². The van der Waals surface area contributed by atoms with Crippen LogP contribution in [0.25, 0.3) is 10.2 Å². The van der Waals surface area contributed by atoms with Crippen molar-refractivity contribution in [3.8, 4) is 0 Å². The summed E-state index contributed by atoms with van der Waals surface area (Å²) in [6.07, 6.45) is 3.04. The van der Waals surface area contributed by atoms with Gasteiger partial charge in [0.25, 0.3) is 0 Å². The van der Waals surface area contributed by atoms with Crippen molar-refractivity contribution >= 4 is 27.6 Å². The number of fused-ring (bicyclic) bond motifs is 1. The van der Waals surface area contributed by atoms with Crippen molar-refractivity contribution < 1.29 is 4.74 Å². The van der Waals surface area contributed by atoms with Crippen LogP contribution >= 0.6 is 11.5 Å². The Labute approximate surface area is 110 Å². The van der Waals surface area contributed by atoms with Gasteiger partial charge < -0.3 is 10.1 Å². The number of hydrogen-bond acceptors (Lipinski definition) is 6. The second-order valence-electron chi connectivity index (χ2n) is 4.68. The molecule has 1 aliphatic heterocycles. The van der Waals surface area contributed by atoms with Crippen molar-refractivity contribution in [3.05, 3.63) is 12.0 Å². The van der Waals surface area contributed by atoms with Crippen molar-refractivity contribution in [2.24, 2.45) is 5.92 Å². The van der Waals surface area contributed by atoms with Crippen molar-refractivity contribution in [1.82, 2.24) is 14.3 Å². The number of anilines is 1. The summed E-state index contributed by atoms with van der Waals surface area (Å²) in [6.45, 7) is 5.88.